The van der Waals surface area contributed by atoms with Gasteiger partial charge in [-0.2, -0.15) is 4.98 Å². The Morgan fingerprint density at radius 1 is 1.03 bits per heavy atom. The van der Waals surface area contributed by atoms with Crippen molar-refractivity contribution in [2.75, 3.05) is 0 Å². The highest BCUT2D eigenvalue weighted by Gasteiger charge is 2.31. The quantitative estimate of drug-likeness (QED) is 0.305. The number of aryl methyl sites for hydroxylation is 1. The molecule has 0 spiro atoms. The molecule has 4 rings (SSSR count). The summed E-state index contributed by atoms with van der Waals surface area (Å²) >= 11 is 6.01. The monoisotopic (exact) mass is 536 g/mol. The fourth-order valence-electron chi connectivity index (χ4n) is 3.87. The van der Waals surface area contributed by atoms with Crippen LogP contribution in [0.25, 0.3) is 11.2 Å². The lowest BCUT2D eigenvalue weighted by atomic mass is 10.2. The molecule has 196 valence electrons. The smallest absolute Gasteiger partial charge is 0.460 e. The Bertz CT molecular complexity index is 1520. The van der Waals surface area contributed by atoms with E-state index in [-0.39, 0.29) is 42.6 Å². The van der Waals surface area contributed by atoms with Crippen LogP contribution in [0.1, 0.15) is 30.9 Å². The molecule has 0 aliphatic rings. The summed E-state index contributed by atoms with van der Waals surface area (Å²) in [4.78, 5) is 30.7. The molecule has 0 aliphatic carbocycles. The van der Waals surface area contributed by atoms with Gasteiger partial charge in [-0.05, 0) is 41.8 Å². The lowest BCUT2D eigenvalue weighted by Crippen LogP contribution is -2.39. The molecule has 2 aromatic carbocycles. The number of imidazole rings is 1. The number of hydrogen-bond donors (Lipinski definition) is 0. The van der Waals surface area contributed by atoms with Gasteiger partial charge in [0.15, 0.2) is 11.2 Å². The first-order chi connectivity index (χ1) is 17.6. The maximum absolute atomic E-state index is 13.4. The molecule has 0 aliphatic heterocycles. The first-order valence-electron chi connectivity index (χ1n) is 11.5. The van der Waals surface area contributed by atoms with E-state index < -0.39 is 17.6 Å². The Kier molecular flexibility index (Phi) is 7.63. The Morgan fingerprint density at radius 3 is 2.43 bits per heavy atom. The second kappa shape index (κ2) is 10.7. The highest BCUT2D eigenvalue weighted by Crippen LogP contribution is 2.25. The van der Waals surface area contributed by atoms with Crippen molar-refractivity contribution in [2.24, 2.45) is 7.05 Å². The summed E-state index contributed by atoms with van der Waals surface area (Å²) < 4.78 is 51.7. The number of alkyl halides is 3. The lowest BCUT2D eigenvalue weighted by molar-refractivity contribution is -0.274. The predicted molar refractivity (Wildman–Crippen MR) is 132 cm³/mol. The fourth-order valence-corrected chi connectivity index (χ4v) is 4.00. The van der Waals surface area contributed by atoms with Crippen LogP contribution in [0, 0.1) is 0 Å². The largest absolute Gasteiger partial charge is 0.573 e. The number of benzene rings is 2. The third-order valence-electron chi connectivity index (χ3n) is 5.69. The minimum atomic E-state index is -4.82. The topological polar surface area (TPSA) is 80.3 Å². The normalized spacial score (nSPS) is 11.7. The maximum atomic E-state index is 13.4. The third-order valence-corrected chi connectivity index (χ3v) is 5.94. The molecule has 0 amide bonds. The van der Waals surface area contributed by atoms with E-state index in [9.17, 15) is 22.8 Å². The van der Waals surface area contributed by atoms with Crippen molar-refractivity contribution >= 4 is 22.8 Å². The molecule has 0 bridgehead atoms. The van der Waals surface area contributed by atoms with Crippen LogP contribution in [0.3, 0.4) is 0 Å². The van der Waals surface area contributed by atoms with Gasteiger partial charge in [0.25, 0.3) is 11.6 Å². The van der Waals surface area contributed by atoms with Crippen molar-refractivity contribution in [3.8, 4) is 11.8 Å². The molecule has 2 heterocycles. The van der Waals surface area contributed by atoms with Crippen molar-refractivity contribution in [1.82, 2.24) is 18.7 Å². The molecule has 0 N–H and O–H groups in total. The van der Waals surface area contributed by atoms with Gasteiger partial charge in [0.2, 0.25) is 0 Å². The SMILES string of the molecule is CCCCn1c(=O)c2c(nc(OCc3cccc(OC(F)(F)F)c3)n2Cc2ccc(Cl)cc2)n(C)c1=O. The highest BCUT2D eigenvalue weighted by atomic mass is 35.5. The third kappa shape index (κ3) is 5.99. The highest BCUT2D eigenvalue weighted by molar-refractivity contribution is 6.30. The van der Waals surface area contributed by atoms with Gasteiger partial charge in [-0.3, -0.25) is 18.5 Å². The summed E-state index contributed by atoms with van der Waals surface area (Å²) in [6.07, 6.45) is -3.39. The number of rotatable bonds is 9. The molecular weight excluding hydrogens is 513 g/mol. The average molecular weight is 537 g/mol. The van der Waals surface area contributed by atoms with Crippen LogP contribution in [0.4, 0.5) is 13.2 Å². The molecule has 0 saturated carbocycles. The standard InChI is InChI=1S/C25H24ClF3N4O4/c1-3-4-12-32-22(34)20-21(31(2)24(32)35)30-23(33(20)14-16-8-10-18(26)11-9-16)36-15-17-6-5-7-19(13-17)37-25(27,28)29/h5-11,13H,3-4,12,14-15H2,1-2H3. The van der Waals surface area contributed by atoms with Crippen molar-refractivity contribution in [3.05, 3.63) is 85.5 Å². The Hall–Kier alpha value is -3.73. The number of ether oxygens (including phenoxy) is 2. The Balaban J connectivity index is 1.77. The fraction of sp³-hybridized carbons (Fsp3) is 0.320. The molecule has 0 fully saturated rings. The van der Waals surface area contributed by atoms with Crippen molar-refractivity contribution in [2.45, 2.75) is 45.8 Å². The van der Waals surface area contributed by atoms with Crippen LogP contribution in [0.15, 0.2) is 58.1 Å². The van der Waals surface area contributed by atoms with Crippen LogP contribution in [-0.4, -0.2) is 25.0 Å². The minimum absolute atomic E-state index is 0.0347. The molecule has 37 heavy (non-hydrogen) atoms. The van der Waals surface area contributed by atoms with E-state index in [0.29, 0.717) is 17.0 Å². The molecule has 0 unspecified atom stereocenters. The van der Waals surface area contributed by atoms with Crippen LogP contribution in [-0.2, 0) is 26.7 Å². The van der Waals surface area contributed by atoms with E-state index in [1.54, 1.807) is 34.9 Å². The Morgan fingerprint density at radius 2 is 1.76 bits per heavy atom. The zero-order valence-corrected chi connectivity index (χ0v) is 20.8. The van der Waals surface area contributed by atoms with E-state index >= 15 is 0 Å². The molecule has 0 atom stereocenters. The predicted octanol–water partition coefficient (Wildman–Crippen LogP) is 4.88. The second-order valence-electron chi connectivity index (χ2n) is 8.42. The van der Waals surface area contributed by atoms with E-state index in [2.05, 4.69) is 9.72 Å². The van der Waals surface area contributed by atoms with Gasteiger partial charge in [0.05, 0.1) is 6.54 Å². The number of halogens is 4. The average Bonchev–Trinajstić information content (AvgIpc) is 3.20. The van der Waals surface area contributed by atoms with Crippen molar-refractivity contribution < 1.29 is 22.6 Å². The first kappa shape index (κ1) is 26.3. The van der Waals surface area contributed by atoms with Crippen LogP contribution in [0.5, 0.6) is 11.8 Å². The number of hydrogen-bond acceptors (Lipinski definition) is 5. The van der Waals surface area contributed by atoms with Gasteiger partial charge in [-0.15, -0.1) is 13.2 Å². The summed E-state index contributed by atoms with van der Waals surface area (Å²) in [5.41, 5.74) is 0.510. The summed E-state index contributed by atoms with van der Waals surface area (Å²) in [7, 11) is 1.52. The number of unbranched alkanes of at least 4 members (excludes halogenated alkanes) is 1. The Labute approximate surface area is 214 Å². The number of nitrogens with zero attached hydrogens (tertiary/aromatic N) is 4. The molecular formula is C25H24ClF3N4O4. The minimum Gasteiger partial charge on any atom is -0.460 e. The molecule has 0 saturated heterocycles. The zero-order chi connectivity index (χ0) is 26.7. The van der Waals surface area contributed by atoms with Gasteiger partial charge in [0.1, 0.15) is 12.4 Å². The lowest BCUT2D eigenvalue weighted by Gasteiger charge is -2.12. The first-order valence-corrected chi connectivity index (χ1v) is 11.9. The second-order valence-corrected chi connectivity index (χ2v) is 8.85. The molecule has 4 aromatic rings. The van der Waals surface area contributed by atoms with Crippen molar-refractivity contribution in [1.29, 1.82) is 0 Å². The maximum Gasteiger partial charge on any atom is 0.573 e. The van der Waals surface area contributed by atoms with Crippen LogP contribution < -0.4 is 20.7 Å². The van der Waals surface area contributed by atoms with Gasteiger partial charge in [-0.25, -0.2) is 4.79 Å². The van der Waals surface area contributed by atoms with Crippen LogP contribution >= 0.6 is 11.6 Å². The van der Waals surface area contributed by atoms with E-state index in [1.165, 1.54) is 34.4 Å². The van der Waals surface area contributed by atoms with E-state index in [4.69, 9.17) is 16.3 Å². The summed E-state index contributed by atoms with van der Waals surface area (Å²) in [6.45, 7) is 2.24. The van der Waals surface area contributed by atoms with Crippen LogP contribution in [0.2, 0.25) is 5.02 Å². The number of fused-ring (bicyclic) bond motifs is 1. The summed E-state index contributed by atoms with van der Waals surface area (Å²) in [5, 5.41) is 0.543. The van der Waals surface area contributed by atoms with Crippen molar-refractivity contribution in [3.63, 3.8) is 0 Å². The zero-order valence-electron chi connectivity index (χ0n) is 20.1. The van der Waals surface area contributed by atoms with Gasteiger partial charge < -0.3 is 9.47 Å². The summed E-state index contributed by atoms with van der Waals surface area (Å²) in [5.74, 6) is -0.385. The molecule has 0 radical (unpaired) electrons. The van der Waals surface area contributed by atoms with E-state index in [0.717, 1.165) is 12.0 Å². The molecule has 2 aromatic heterocycles. The summed E-state index contributed by atoms with van der Waals surface area (Å²) in [6, 6.07) is 12.4. The van der Waals surface area contributed by atoms with Gasteiger partial charge in [-0.1, -0.05) is 49.2 Å². The van der Waals surface area contributed by atoms with Gasteiger partial charge in [0, 0.05) is 18.6 Å². The molecule has 8 nitrogen and oxygen atoms in total. The number of aromatic nitrogens is 4. The van der Waals surface area contributed by atoms with Gasteiger partial charge >= 0.3 is 12.1 Å². The van der Waals surface area contributed by atoms with E-state index in [1.807, 2.05) is 6.92 Å². The molecule has 12 heteroatoms.